The third-order valence-corrected chi connectivity index (χ3v) is 6.28. The predicted molar refractivity (Wildman–Crippen MR) is 94.6 cm³/mol. The molecule has 2 fully saturated rings. The fourth-order valence-corrected chi connectivity index (χ4v) is 4.93. The second-order valence-electron chi connectivity index (χ2n) is 5.97. The maximum absolute atomic E-state index is 11.7. The summed E-state index contributed by atoms with van der Waals surface area (Å²) in [7, 11) is 0. The molecule has 5 nitrogen and oxygen atoms in total. The van der Waals surface area contributed by atoms with Crippen molar-refractivity contribution in [3.8, 4) is 0 Å². The molecule has 2 heterocycles. The Morgan fingerprint density at radius 3 is 2.91 bits per heavy atom. The van der Waals surface area contributed by atoms with Crippen molar-refractivity contribution in [2.75, 3.05) is 17.6 Å². The minimum absolute atomic E-state index is 0.0282. The molecule has 126 valence electrons. The number of amides is 3. The van der Waals surface area contributed by atoms with Gasteiger partial charge in [0.05, 0.1) is 12.1 Å². The van der Waals surface area contributed by atoms with E-state index in [0.29, 0.717) is 17.7 Å². The van der Waals surface area contributed by atoms with Crippen LogP contribution < -0.4 is 16.0 Å². The maximum atomic E-state index is 11.7. The average molecular weight is 392 g/mol. The molecule has 2 unspecified atom stereocenters. The first-order valence-electron chi connectivity index (χ1n) is 8.22. The van der Waals surface area contributed by atoms with Crippen molar-refractivity contribution in [1.29, 1.82) is 0 Å². The summed E-state index contributed by atoms with van der Waals surface area (Å²) in [6.07, 6.45) is 7.07. The Morgan fingerprint density at radius 2 is 2.09 bits per heavy atom. The molecule has 0 bridgehead atoms. The van der Waals surface area contributed by atoms with Crippen LogP contribution in [0.4, 0.5) is 4.79 Å². The van der Waals surface area contributed by atoms with E-state index in [-0.39, 0.29) is 18.0 Å². The van der Waals surface area contributed by atoms with E-state index in [0.717, 1.165) is 49.7 Å². The van der Waals surface area contributed by atoms with Crippen LogP contribution in [0.2, 0.25) is 0 Å². The SMILES string of the molecule is O=C(CCCC[C@@H]1SCC2NC(=O)NC21)NCCCCCBr. The van der Waals surface area contributed by atoms with Gasteiger partial charge in [0, 0.05) is 29.3 Å². The summed E-state index contributed by atoms with van der Waals surface area (Å²) >= 11 is 5.34. The monoisotopic (exact) mass is 391 g/mol. The molecule has 0 aromatic rings. The van der Waals surface area contributed by atoms with Crippen molar-refractivity contribution >= 4 is 39.6 Å². The number of hydrogen-bond acceptors (Lipinski definition) is 3. The Labute approximate surface area is 145 Å². The zero-order valence-corrected chi connectivity index (χ0v) is 15.3. The number of rotatable bonds is 10. The van der Waals surface area contributed by atoms with E-state index in [1.165, 1.54) is 6.42 Å². The maximum Gasteiger partial charge on any atom is 0.315 e. The van der Waals surface area contributed by atoms with Gasteiger partial charge in [0.15, 0.2) is 0 Å². The molecular weight excluding hydrogens is 366 g/mol. The fraction of sp³-hybridized carbons (Fsp3) is 0.867. The highest BCUT2D eigenvalue weighted by Gasteiger charge is 2.42. The van der Waals surface area contributed by atoms with Crippen molar-refractivity contribution in [2.24, 2.45) is 0 Å². The first-order valence-corrected chi connectivity index (χ1v) is 10.4. The minimum atomic E-state index is -0.0282. The molecule has 2 rings (SSSR count). The molecule has 3 N–H and O–H groups in total. The molecule has 3 atom stereocenters. The number of nitrogens with one attached hydrogen (secondary N) is 3. The Hall–Kier alpha value is -0.430. The molecule has 0 aromatic heterocycles. The van der Waals surface area contributed by atoms with Crippen molar-refractivity contribution in [3.05, 3.63) is 0 Å². The lowest BCUT2D eigenvalue weighted by Crippen LogP contribution is -2.36. The Kier molecular flexibility index (Phi) is 7.86. The molecule has 0 aromatic carbocycles. The summed E-state index contributed by atoms with van der Waals surface area (Å²) in [6, 6.07) is 0.547. The van der Waals surface area contributed by atoms with E-state index in [1.807, 2.05) is 11.8 Å². The molecule has 0 aliphatic carbocycles. The van der Waals surface area contributed by atoms with Crippen LogP contribution in [0.25, 0.3) is 0 Å². The summed E-state index contributed by atoms with van der Waals surface area (Å²) < 4.78 is 0. The summed E-state index contributed by atoms with van der Waals surface area (Å²) in [5.74, 6) is 1.18. The lowest BCUT2D eigenvalue weighted by molar-refractivity contribution is -0.121. The van der Waals surface area contributed by atoms with E-state index in [4.69, 9.17) is 0 Å². The van der Waals surface area contributed by atoms with Crippen LogP contribution in [0.1, 0.15) is 44.9 Å². The van der Waals surface area contributed by atoms with Crippen LogP contribution in [-0.2, 0) is 4.79 Å². The Morgan fingerprint density at radius 1 is 1.23 bits per heavy atom. The number of alkyl halides is 1. The third kappa shape index (κ3) is 5.65. The lowest BCUT2D eigenvalue weighted by atomic mass is 10.0. The van der Waals surface area contributed by atoms with Crippen molar-refractivity contribution in [3.63, 3.8) is 0 Å². The molecular formula is C15H26BrN3O2S. The van der Waals surface area contributed by atoms with Gasteiger partial charge in [-0.1, -0.05) is 28.8 Å². The molecule has 2 saturated heterocycles. The highest BCUT2D eigenvalue weighted by Crippen LogP contribution is 2.33. The summed E-state index contributed by atoms with van der Waals surface area (Å²) in [6.45, 7) is 0.797. The molecule has 3 amide bonds. The van der Waals surface area contributed by atoms with Gasteiger partial charge in [-0.2, -0.15) is 11.8 Å². The predicted octanol–water partition coefficient (Wildman–Crippen LogP) is 2.39. The molecule has 2 aliphatic heterocycles. The highest BCUT2D eigenvalue weighted by atomic mass is 79.9. The number of carbonyl (C=O) groups excluding carboxylic acids is 2. The molecule has 22 heavy (non-hydrogen) atoms. The van der Waals surface area contributed by atoms with Crippen LogP contribution in [0.15, 0.2) is 0 Å². The minimum Gasteiger partial charge on any atom is -0.356 e. The third-order valence-electron chi connectivity index (χ3n) is 4.21. The van der Waals surface area contributed by atoms with Crippen LogP contribution in [0, 0.1) is 0 Å². The first-order chi connectivity index (χ1) is 10.7. The largest absolute Gasteiger partial charge is 0.356 e. The quantitative estimate of drug-likeness (QED) is 0.304. The van der Waals surface area contributed by atoms with Gasteiger partial charge >= 0.3 is 6.03 Å². The van der Waals surface area contributed by atoms with Crippen LogP contribution in [-0.4, -0.2) is 46.9 Å². The number of hydrogen-bond donors (Lipinski definition) is 3. The van der Waals surface area contributed by atoms with Gasteiger partial charge < -0.3 is 16.0 Å². The zero-order chi connectivity index (χ0) is 15.8. The smallest absolute Gasteiger partial charge is 0.315 e. The van der Waals surface area contributed by atoms with Gasteiger partial charge in [-0.05, 0) is 25.7 Å². The van der Waals surface area contributed by atoms with E-state index >= 15 is 0 Å². The topological polar surface area (TPSA) is 70.2 Å². The molecule has 0 spiro atoms. The number of fused-ring (bicyclic) bond motifs is 1. The molecule has 2 aliphatic rings. The molecule has 0 radical (unpaired) electrons. The second kappa shape index (κ2) is 9.65. The highest BCUT2D eigenvalue weighted by molar-refractivity contribution is 9.09. The van der Waals surface area contributed by atoms with E-state index < -0.39 is 0 Å². The Balaban J connectivity index is 1.49. The fourth-order valence-electron chi connectivity index (χ4n) is 2.99. The van der Waals surface area contributed by atoms with Crippen LogP contribution in [0.5, 0.6) is 0 Å². The standard InChI is InChI=1S/C15H26BrN3O2S/c16-8-4-1-5-9-17-13(20)7-3-2-6-12-14-11(10-22-12)18-15(21)19-14/h11-12,14H,1-10H2,(H,17,20)(H2,18,19,21)/t11?,12-,14?/m0/s1. The number of urea groups is 1. The number of carbonyl (C=O) groups is 2. The van der Waals surface area contributed by atoms with Gasteiger partial charge in [0.25, 0.3) is 0 Å². The Bertz CT molecular complexity index is 384. The summed E-state index contributed by atoms with van der Waals surface area (Å²) in [5, 5.41) is 10.5. The van der Waals surface area contributed by atoms with Crippen molar-refractivity contribution < 1.29 is 9.59 Å². The second-order valence-corrected chi connectivity index (χ2v) is 8.03. The molecule has 7 heteroatoms. The van der Waals surface area contributed by atoms with Crippen molar-refractivity contribution in [2.45, 2.75) is 62.3 Å². The van der Waals surface area contributed by atoms with E-state index in [1.54, 1.807) is 0 Å². The lowest BCUT2D eigenvalue weighted by Gasteiger charge is -2.16. The summed E-state index contributed by atoms with van der Waals surface area (Å²) in [5.41, 5.74) is 0. The normalized spacial score (nSPS) is 26.4. The van der Waals surface area contributed by atoms with Crippen molar-refractivity contribution in [1.82, 2.24) is 16.0 Å². The average Bonchev–Trinajstić information content (AvgIpc) is 3.03. The summed E-state index contributed by atoms with van der Waals surface area (Å²) in [4.78, 5) is 23.0. The zero-order valence-electron chi connectivity index (χ0n) is 12.9. The first kappa shape index (κ1) is 17.9. The van der Waals surface area contributed by atoms with Crippen LogP contribution in [0.3, 0.4) is 0 Å². The van der Waals surface area contributed by atoms with Gasteiger partial charge in [-0.25, -0.2) is 4.79 Å². The van der Waals surface area contributed by atoms with Gasteiger partial charge in [0.1, 0.15) is 0 Å². The van der Waals surface area contributed by atoms with Gasteiger partial charge in [0.2, 0.25) is 5.91 Å². The number of thioether (sulfide) groups is 1. The van der Waals surface area contributed by atoms with E-state index in [2.05, 4.69) is 31.9 Å². The molecule has 0 saturated carbocycles. The van der Waals surface area contributed by atoms with Crippen LogP contribution >= 0.6 is 27.7 Å². The number of unbranched alkanes of at least 4 members (excludes halogenated alkanes) is 3. The van der Waals surface area contributed by atoms with Gasteiger partial charge in [-0.3, -0.25) is 4.79 Å². The van der Waals surface area contributed by atoms with Gasteiger partial charge in [-0.15, -0.1) is 0 Å². The van der Waals surface area contributed by atoms with E-state index in [9.17, 15) is 9.59 Å². The number of halogens is 1.